The van der Waals surface area contributed by atoms with Crippen molar-refractivity contribution in [2.75, 3.05) is 7.05 Å². The van der Waals surface area contributed by atoms with E-state index in [0.29, 0.717) is 24.0 Å². The summed E-state index contributed by atoms with van der Waals surface area (Å²) in [6.45, 7) is 1.90. The molecular formula is C22H21N3O2. The molecule has 1 unspecified atom stereocenters. The standard InChI is InChI=1S/C22H21N3O2/c1-3-22(14-16-9-5-4-6-10-16)21(27)25(2)19(20(26)24-22)13-17-11-7-8-12-18(17)15-23/h4-13H,3,14H2,1-2H3,(H,24,26). The Labute approximate surface area is 158 Å². The van der Waals surface area contributed by atoms with Crippen molar-refractivity contribution in [3.63, 3.8) is 0 Å². The van der Waals surface area contributed by atoms with Crippen LogP contribution in [-0.4, -0.2) is 29.3 Å². The number of likely N-dealkylation sites (N-methyl/N-ethyl adjacent to an activating group) is 1. The van der Waals surface area contributed by atoms with Crippen molar-refractivity contribution in [3.05, 3.63) is 77.0 Å². The Kier molecular flexibility index (Phi) is 5.09. The Bertz CT molecular complexity index is 944. The van der Waals surface area contributed by atoms with Crippen LogP contribution in [-0.2, 0) is 16.0 Å². The number of benzene rings is 2. The second-order valence-corrected chi connectivity index (χ2v) is 6.64. The number of carbonyl (C=O) groups excluding carboxylic acids is 2. The van der Waals surface area contributed by atoms with Crippen LogP contribution < -0.4 is 5.32 Å². The molecule has 1 N–H and O–H groups in total. The fourth-order valence-corrected chi connectivity index (χ4v) is 3.38. The van der Waals surface area contributed by atoms with Crippen molar-refractivity contribution in [1.82, 2.24) is 10.2 Å². The molecule has 1 saturated heterocycles. The summed E-state index contributed by atoms with van der Waals surface area (Å²) in [5.74, 6) is -0.475. The van der Waals surface area contributed by atoms with Crippen LogP contribution in [0.4, 0.5) is 0 Å². The summed E-state index contributed by atoms with van der Waals surface area (Å²) >= 11 is 0. The van der Waals surface area contributed by atoms with Gasteiger partial charge in [-0.3, -0.25) is 9.59 Å². The van der Waals surface area contributed by atoms with Crippen molar-refractivity contribution in [2.45, 2.75) is 25.3 Å². The molecule has 5 heteroatoms. The zero-order valence-corrected chi connectivity index (χ0v) is 15.4. The minimum atomic E-state index is -0.973. The minimum absolute atomic E-state index is 0.158. The molecule has 5 nitrogen and oxygen atoms in total. The molecule has 1 heterocycles. The number of piperazine rings is 1. The van der Waals surface area contributed by atoms with E-state index in [2.05, 4.69) is 11.4 Å². The van der Waals surface area contributed by atoms with E-state index in [1.807, 2.05) is 37.3 Å². The van der Waals surface area contributed by atoms with Gasteiger partial charge in [0.25, 0.3) is 11.8 Å². The van der Waals surface area contributed by atoms with E-state index in [0.717, 1.165) is 5.56 Å². The maximum Gasteiger partial charge on any atom is 0.268 e. The fourth-order valence-electron chi connectivity index (χ4n) is 3.38. The quantitative estimate of drug-likeness (QED) is 0.853. The van der Waals surface area contributed by atoms with Crippen molar-refractivity contribution >= 4 is 17.9 Å². The van der Waals surface area contributed by atoms with Gasteiger partial charge in [-0.2, -0.15) is 5.26 Å². The third-order valence-electron chi connectivity index (χ3n) is 4.99. The highest BCUT2D eigenvalue weighted by Crippen LogP contribution is 2.28. The van der Waals surface area contributed by atoms with Crippen LogP contribution >= 0.6 is 0 Å². The van der Waals surface area contributed by atoms with Gasteiger partial charge in [-0.1, -0.05) is 55.5 Å². The normalized spacial score (nSPS) is 21.1. The van der Waals surface area contributed by atoms with Crippen molar-refractivity contribution in [1.29, 1.82) is 5.26 Å². The summed E-state index contributed by atoms with van der Waals surface area (Å²) in [6, 6.07) is 18.8. The van der Waals surface area contributed by atoms with Gasteiger partial charge >= 0.3 is 0 Å². The number of nitrogens with zero attached hydrogens (tertiary/aromatic N) is 2. The third kappa shape index (κ3) is 3.47. The van der Waals surface area contributed by atoms with E-state index in [1.54, 1.807) is 37.4 Å². The number of rotatable bonds is 4. The van der Waals surface area contributed by atoms with Gasteiger partial charge in [-0.15, -0.1) is 0 Å². The highest BCUT2D eigenvalue weighted by Gasteiger charge is 2.46. The molecule has 1 aliphatic rings. The van der Waals surface area contributed by atoms with Crippen LogP contribution in [0.15, 0.2) is 60.3 Å². The largest absolute Gasteiger partial charge is 0.336 e. The van der Waals surface area contributed by atoms with Crippen LogP contribution in [0.5, 0.6) is 0 Å². The zero-order valence-electron chi connectivity index (χ0n) is 15.4. The van der Waals surface area contributed by atoms with Gasteiger partial charge in [-0.25, -0.2) is 0 Å². The topological polar surface area (TPSA) is 73.2 Å². The Hall–Kier alpha value is -3.39. The van der Waals surface area contributed by atoms with E-state index in [-0.39, 0.29) is 17.5 Å². The molecule has 136 valence electrons. The Balaban J connectivity index is 1.96. The minimum Gasteiger partial charge on any atom is -0.336 e. The van der Waals surface area contributed by atoms with Gasteiger partial charge in [0.2, 0.25) is 0 Å². The lowest BCUT2D eigenvalue weighted by molar-refractivity contribution is -0.144. The molecule has 0 aliphatic carbocycles. The average Bonchev–Trinajstić information content (AvgIpc) is 2.70. The average molecular weight is 359 g/mol. The number of hydrogen-bond acceptors (Lipinski definition) is 3. The van der Waals surface area contributed by atoms with Gasteiger partial charge in [0.1, 0.15) is 11.2 Å². The molecule has 1 fully saturated rings. The summed E-state index contributed by atoms with van der Waals surface area (Å²) in [6.07, 6.45) is 2.51. The SMILES string of the molecule is CCC1(Cc2ccccc2)NC(=O)C(=Cc2ccccc2C#N)N(C)C1=O. The van der Waals surface area contributed by atoms with Crippen molar-refractivity contribution in [2.24, 2.45) is 0 Å². The van der Waals surface area contributed by atoms with E-state index in [9.17, 15) is 14.9 Å². The Morgan fingerprint density at radius 3 is 2.44 bits per heavy atom. The molecule has 0 radical (unpaired) electrons. The van der Waals surface area contributed by atoms with Gasteiger partial charge in [0, 0.05) is 13.5 Å². The molecule has 1 aliphatic heterocycles. The molecule has 27 heavy (non-hydrogen) atoms. The van der Waals surface area contributed by atoms with E-state index >= 15 is 0 Å². The third-order valence-corrected chi connectivity index (χ3v) is 4.99. The van der Waals surface area contributed by atoms with Crippen LogP contribution in [0, 0.1) is 11.3 Å². The number of nitriles is 1. The van der Waals surface area contributed by atoms with Crippen molar-refractivity contribution < 1.29 is 9.59 Å². The number of carbonyl (C=O) groups is 2. The van der Waals surface area contributed by atoms with E-state index in [4.69, 9.17) is 0 Å². The van der Waals surface area contributed by atoms with E-state index in [1.165, 1.54) is 4.90 Å². The monoisotopic (exact) mass is 359 g/mol. The first kappa shape index (κ1) is 18.4. The summed E-state index contributed by atoms with van der Waals surface area (Å²) in [7, 11) is 1.61. The Morgan fingerprint density at radius 2 is 1.78 bits per heavy atom. The molecule has 2 aromatic carbocycles. The van der Waals surface area contributed by atoms with Gasteiger partial charge in [-0.05, 0) is 29.7 Å². The van der Waals surface area contributed by atoms with Gasteiger partial charge in [0.15, 0.2) is 0 Å². The van der Waals surface area contributed by atoms with Crippen LogP contribution in [0.1, 0.15) is 30.0 Å². The Morgan fingerprint density at radius 1 is 1.11 bits per heavy atom. The lowest BCUT2D eigenvalue weighted by atomic mass is 9.84. The molecule has 0 bridgehead atoms. The second kappa shape index (κ2) is 7.46. The molecule has 0 saturated carbocycles. The molecular weight excluding hydrogens is 338 g/mol. The molecule has 1 atom stereocenters. The lowest BCUT2D eigenvalue weighted by Gasteiger charge is -2.41. The van der Waals surface area contributed by atoms with E-state index < -0.39 is 5.54 Å². The molecule has 0 aromatic heterocycles. The highest BCUT2D eigenvalue weighted by atomic mass is 16.2. The number of amides is 2. The summed E-state index contributed by atoms with van der Waals surface area (Å²) in [4.78, 5) is 27.5. The van der Waals surface area contributed by atoms with Crippen LogP contribution in [0.3, 0.4) is 0 Å². The molecule has 2 amide bonds. The molecule has 2 aromatic rings. The predicted molar refractivity (Wildman–Crippen MR) is 103 cm³/mol. The molecule has 3 rings (SSSR count). The van der Waals surface area contributed by atoms with Gasteiger partial charge in [0.05, 0.1) is 11.6 Å². The first-order valence-electron chi connectivity index (χ1n) is 8.86. The van der Waals surface area contributed by atoms with Crippen LogP contribution in [0.25, 0.3) is 6.08 Å². The number of nitrogens with one attached hydrogen (secondary N) is 1. The fraction of sp³-hybridized carbons (Fsp3) is 0.227. The lowest BCUT2D eigenvalue weighted by Crippen LogP contribution is -2.65. The first-order chi connectivity index (χ1) is 13.0. The zero-order chi connectivity index (χ0) is 19.4. The van der Waals surface area contributed by atoms with Crippen LogP contribution in [0.2, 0.25) is 0 Å². The predicted octanol–water partition coefficient (Wildman–Crippen LogP) is 2.88. The van der Waals surface area contributed by atoms with Crippen molar-refractivity contribution in [3.8, 4) is 6.07 Å². The maximum absolute atomic E-state index is 13.2. The summed E-state index contributed by atoms with van der Waals surface area (Å²) in [5, 5.41) is 12.2. The molecule has 0 spiro atoms. The summed E-state index contributed by atoms with van der Waals surface area (Å²) in [5.41, 5.74) is 1.31. The number of hydrogen-bond donors (Lipinski definition) is 1. The smallest absolute Gasteiger partial charge is 0.268 e. The summed E-state index contributed by atoms with van der Waals surface area (Å²) < 4.78 is 0. The first-order valence-corrected chi connectivity index (χ1v) is 8.86. The second-order valence-electron chi connectivity index (χ2n) is 6.64. The highest BCUT2D eigenvalue weighted by molar-refractivity contribution is 6.09. The maximum atomic E-state index is 13.2. The van der Waals surface area contributed by atoms with Gasteiger partial charge < -0.3 is 10.2 Å².